The molecule has 0 saturated carbocycles. The maximum absolute atomic E-state index is 4.64. The van der Waals surface area contributed by atoms with Gasteiger partial charge in [-0.25, -0.2) is 9.97 Å². The van der Waals surface area contributed by atoms with E-state index in [-0.39, 0.29) is 0 Å². The van der Waals surface area contributed by atoms with E-state index in [2.05, 4.69) is 56.2 Å². The van der Waals surface area contributed by atoms with Gasteiger partial charge in [-0.1, -0.05) is 0 Å². The van der Waals surface area contributed by atoms with Gasteiger partial charge in [-0.3, -0.25) is 9.89 Å². The zero-order chi connectivity index (χ0) is 16.5. The van der Waals surface area contributed by atoms with E-state index in [0.29, 0.717) is 6.04 Å². The fourth-order valence-corrected chi connectivity index (χ4v) is 2.52. The summed E-state index contributed by atoms with van der Waals surface area (Å²) in [6.07, 6.45) is 3.60. The van der Waals surface area contributed by atoms with Crippen molar-refractivity contribution >= 4 is 11.9 Å². The van der Waals surface area contributed by atoms with Crippen molar-refractivity contribution in [1.29, 1.82) is 0 Å². The zero-order valence-corrected chi connectivity index (χ0v) is 14.5. The number of hydrogen-bond donors (Lipinski definition) is 2. The van der Waals surface area contributed by atoms with Crippen molar-refractivity contribution in [3.05, 3.63) is 18.5 Å². The summed E-state index contributed by atoms with van der Waals surface area (Å²) in [7, 11) is 0. The topological polar surface area (TPSA) is 68.7 Å². The molecule has 2 heterocycles. The average Bonchev–Trinajstić information content (AvgIpc) is 2.56. The van der Waals surface area contributed by atoms with Gasteiger partial charge in [0.25, 0.3) is 0 Å². The third-order valence-corrected chi connectivity index (χ3v) is 3.66. The Morgan fingerprint density at radius 1 is 1.22 bits per heavy atom. The van der Waals surface area contributed by atoms with E-state index >= 15 is 0 Å². The fourth-order valence-electron chi connectivity index (χ4n) is 2.52. The van der Waals surface area contributed by atoms with Crippen molar-refractivity contribution in [2.24, 2.45) is 4.99 Å². The van der Waals surface area contributed by atoms with Gasteiger partial charge in [0.2, 0.25) is 5.95 Å². The number of piperazine rings is 1. The molecule has 1 fully saturated rings. The van der Waals surface area contributed by atoms with Gasteiger partial charge in [-0.05, 0) is 26.8 Å². The highest BCUT2D eigenvalue weighted by Crippen LogP contribution is 2.09. The minimum Gasteiger partial charge on any atom is -0.357 e. The molecule has 0 radical (unpaired) electrons. The average molecular weight is 319 g/mol. The lowest BCUT2D eigenvalue weighted by atomic mass is 10.3. The van der Waals surface area contributed by atoms with Crippen molar-refractivity contribution < 1.29 is 0 Å². The van der Waals surface area contributed by atoms with Crippen molar-refractivity contribution in [1.82, 2.24) is 25.5 Å². The van der Waals surface area contributed by atoms with Crippen molar-refractivity contribution in [2.75, 3.05) is 50.7 Å². The van der Waals surface area contributed by atoms with E-state index in [0.717, 1.165) is 57.7 Å². The zero-order valence-electron chi connectivity index (χ0n) is 14.5. The quantitative estimate of drug-likeness (QED) is 0.590. The van der Waals surface area contributed by atoms with Crippen LogP contribution in [0.1, 0.15) is 20.8 Å². The van der Waals surface area contributed by atoms with Crippen LogP contribution in [0, 0.1) is 0 Å². The van der Waals surface area contributed by atoms with Crippen LogP contribution >= 0.6 is 0 Å². The van der Waals surface area contributed by atoms with Gasteiger partial charge in [0.1, 0.15) is 0 Å². The summed E-state index contributed by atoms with van der Waals surface area (Å²) in [5.41, 5.74) is 0. The van der Waals surface area contributed by atoms with Crippen molar-refractivity contribution in [3.63, 3.8) is 0 Å². The SMILES string of the molecule is CCNC(=NCCN1CCN(c2ncccn2)CC1)NC(C)C. The number of guanidine groups is 1. The highest BCUT2D eigenvalue weighted by Gasteiger charge is 2.18. The Labute approximate surface area is 139 Å². The molecule has 0 atom stereocenters. The normalized spacial score (nSPS) is 16.7. The third kappa shape index (κ3) is 6.02. The minimum absolute atomic E-state index is 0.391. The second-order valence-corrected chi connectivity index (χ2v) is 5.94. The van der Waals surface area contributed by atoms with Gasteiger partial charge in [-0.15, -0.1) is 0 Å². The molecule has 0 aliphatic carbocycles. The molecular weight excluding hydrogens is 290 g/mol. The molecule has 1 saturated heterocycles. The molecule has 0 spiro atoms. The molecule has 0 unspecified atom stereocenters. The van der Waals surface area contributed by atoms with Gasteiger partial charge in [0.15, 0.2) is 5.96 Å². The van der Waals surface area contributed by atoms with Crippen LogP contribution in [-0.4, -0.2) is 72.7 Å². The molecule has 1 aromatic rings. The number of nitrogens with one attached hydrogen (secondary N) is 2. The van der Waals surface area contributed by atoms with Crippen molar-refractivity contribution in [2.45, 2.75) is 26.8 Å². The molecule has 1 aliphatic heterocycles. The molecule has 1 aromatic heterocycles. The lowest BCUT2D eigenvalue weighted by molar-refractivity contribution is 0.263. The summed E-state index contributed by atoms with van der Waals surface area (Å²) < 4.78 is 0. The minimum atomic E-state index is 0.391. The van der Waals surface area contributed by atoms with E-state index in [1.165, 1.54) is 0 Å². The van der Waals surface area contributed by atoms with Gasteiger partial charge in [0, 0.05) is 57.7 Å². The molecule has 1 aliphatic rings. The summed E-state index contributed by atoms with van der Waals surface area (Å²) in [4.78, 5) is 18.0. The number of aliphatic imine (C=N–C) groups is 1. The second-order valence-electron chi connectivity index (χ2n) is 5.94. The van der Waals surface area contributed by atoms with Crippen molar-refractivity contribution in [3.8, 4) is 0 Å². The monoisotopic (exact) mass is 319 g/mol. The van der Waals surface area contributed by atoms with E-state index in [9.17, 15) is 0 Å². The fraction of sp³-hybridized carbons (Fsp3) is 0.688. The summed E-state index contributed by atoms with van der Waals surface area (Å²) in [5.74, 6) is 1.74. The van der Waals surface area contributed by atoms with Crippen LogP contribution in [0.5, 0.6) is 0 Å². The van der Waals surface area contributed by atoms with Crippen LogP contribution in [0.2, 0.25) is 0 Å². The predicted octanol–water partition coefficient (Wildman–Crippen LogP) is 0.562. The van der Waals surface area contributed by atoms with Gasteiger partial charge in [-0.2, -0.15) is 0 Å². The highest BCUT2D eigenvalue weighted by atomic mass is 15.3. The van der Waals surface area contributed by atoms with E-state index in [1.54, 1.807) is 12.4 Å². The standard InChI is InChI=1S/C16H29N7/c1-4-17-15(21-14(2)3)18-8-9-22-10-12-23(13-11-22)16-19-6-5-7-20-16/h5-7,14H,4,8-13H2,1-3H3,(H2,17,18,21). The highest BCUT2D eigenvalue weighted by molar-refractivity contribution is 5.79. The largest absolute Gasteiger partial charge is 0.357 e. The molecular formula is C16H29N7. The molecule has 2 rings (SSSR count). The van der Waals surface area contributed by atoms with Crippen LogP contribution in [0.3, 0.4) is 0 Å². The van der Waals surface area contributed by atoms with Crippen LogP contribution < -0.4 is 15.5 Å². The first-order valence-electron chi connectivity index (χ1n) is 8.48. The maximum Gasteiger partial charge on any atom is 0.225 e. The van der Waals surface area contributed by atoms with Crippen LogP contribution in [0.25, 0.3) is 0 Å². The van der Waals surface area contributed by atoms with Gasteiger partial charge in [0.05, 0.1) is 6.54 Å². The summed E-state index contributed by atoms with van der Waals surface area (Å²) in [6, 6.07) is 2.24. The predicted molar refractivity (Wildman–Crippen MR) is 94.9 cm³/mol. The summed E-state index contributed by atoms with van der Waals surface area (Å²) >= 11 is 0. The Morgan fingerprint density at radius 2 is 1.91 bits per heavy atom. The third-order valence-electron chi connectivity index (χ3n) is 3.66. The lowest BCUT2D eigenvalue weighted by Gasteiger charge is -2.34. The maximum atomic E-state index is 4.64. The Balaban J connectivity index is 1.73. The molecule has 0 bridgehead atoms. The van der Waals surface area contributed by atoms with Crippen LogP contribution in [-0.2, 0) is 0 Å². The summed E-state index contributed by atoms with van der Waals surface area (Å²) in [5, 5.41) is 6.62. The number of hydrogen-bond acceptors (Lipinski definition) is 5. The van der Waals surface area contributed by atoms with E-state index in [1.807, 2.05) is 6.07 Å². The first-order chi connectivity index (χ1) is 11.2. The van der Waals surface area contributed by atoms with Gasteiger partial charge >= 0.3 is 0 Å². The molecule has 7 nitrogen and oxygen atoms in total. The van der Waals surface area contributed by atoms with Gasteiger partial charge < -0.3 is 15.5 Å². The molecule has 128 valence electrons. The van der Waals surface area contributed by atoms with E-state index < -0.39 is 0 Å². The smallest absolute Gasteiger partial charge is 0.225 e. The summed E-state index contributed by atoms with van der Waals surface area (Å²) in [6.45, 7) is 13.0. The first-order valence-corrected chi connectivity index (χ1v) is 8.48. The number of anilines is 1. The Morgan fingerprint density at radius 3 is 2.52 bits per heavy atom. The number of rotatable bonds is 6. The number of aromatic nitrogens is 2. The number of nitrogens with zero attached hydrogens (tertiary/aromatic N) is 5. The molecule has 0 amide bonds. The molecule has 0 aromatic carbocycles. The van der Waals surface area contributed by atoms with Crippen LogP contribution in [0.15, 0.2) is 23.5 Å². The Kier molecular flexibility index (Phi) is 7.06. The lowest BCUT2D eigenvalue weighted by Crippen LogP contribution is -2.48. The molecule has 23 heavy (non-hydrogen) atoms. The Bertz CT molecular complexity index is 467. The molecule has 2 N–H and O–H groups in total. The second kappa shape index (κ2) is 9.29. The first kappa shape index (κ1) is 17.5. The molecule has 7 heteroatoms. The van der Waals surface area contributed by atoms with E-state index in [4.69, 9.17) is 0 Å². The Hall–Kier alpha value is -1.89. The van der Waals surface area contributed by atoms with Crippen LogP contribution in [0.4, 0.5) is 5.95 Å².